The molecule has 0 saturated carbocycles. The Labute approximate surface area is 154 Å². The second-order valence-corrected chi connectivity index (χ2v) is 6.52. The lowest BCUT2D eigenvalue weighted by Crippen LogP contribution is -2.30. The first-order valence-corrected chi connectivity index (χ1v) is 8.66. The van der Waals surface area contributed by atoms with Crippen molar-refractivity contribution in [2.75, 3.05) is 0 Å². The third-order valence-corrected chi connectivity index (χ3v) is 4.56. The lowest BCUT2D eigenvalue weighted by atomic mass is 10.1. The molecule has 5 heteroatoms. The van der Waals surface area contributed by atoms with Gasteiger partial charge in [0.25, 0.3) is 5.91 Å². The number of hydrogen-bond acceptors (Lipinski definition) is 2. The maximum absolute atomic E-state index is 13.0. The molecular formula is C20H17BrFNO2. The molecule has 3 nitrogen and oxygen atoms in total. The smallest absolute Gasteiger partial charge is 0.255 e. The van der Waals surface area contributed by atoms with Gasteiger partial charge >= 0.3 is 0 Å². The first-order chi connectivity index (χ1) is 12.2. The molecule has 0 bridgehead atoms. The van der Waals surface area contributed by atoms with Crippen molar-refractivity contribution in [1.82, 2.24) is 4.90 Å². The molecule has 128 valence electrons. The van der Waals surface area contributed by atoms with Gasteiger partial charge in [-0.1, -0.05) is 36.4 Å². The van der Waals surface area contributed by atoms with Gasteiger partial charge < -0.3 is 9.32 Å². The van der Waals surface area contributed by atoms with Crippen LogP contribution in [0.1, 0.15) is 27.2 Å². The van der Waals surface area contributed by atoms with Gasteiger partial charge in [-0.2, -0.15) is 0 Å². The van der Waals surface area contributed by atoms with Gasteiger partial charge in [-0.15, -0.1) is 0 Å². The number of benzene rings is 2. The summed E-state index contributed by atoms with van der Waals surface area (Å²) in [6.07, 6.45) is 1.59. The van der Waals surface area contributed by atoms with E-state index in [1.54, 1.807) is 35.4 Å². The second kappa shape index (κ2) is 8.12. The molecule has 0 aliphatic heterocycles. The molecule has 0 unspecified atom stereocenters. The number of rotatable bonds is 6. The van der Waals surface area contributed by atoms with Crippen molar-refractivity contribution in [1.29, 1.82) is 0 Å². The van der Waals surface area contributed by atoms with Gasteiger partial charge in [-0.25, -0.2) is 4.39 Å². The molecule has 3 rings (SSSR count). The van der Waals surface area contributed by atoms with E-state index in [0.717, 1.165) is 10.0 Å². The fourth-order valence-electron chi connectivity index (χ4n) is 2.55. The van der Waals surface area contributed by atoms with E-state index in [9.17, 15) is 9.18 Å². The van der Waals surface area contributed by atoms with Crippen molar-refractivity contribution in [3.63, 3.8) is 0 Å². The zero-order valence-electron chi connectivity index (χ0n) is 13.5. The summed E-state index contributed by atoms with van der Waals surface area (Å²) in [5.74, 6) is 0.610. The van der Waals surface area contributed by atoms with E-state index < -0.39 is 6.67 Å². The van der Waals surface area contributed by atoms with Crippen molar-refractivity contribution >= 4 is 21.8 Å². The quantitative estimate of drug-likeness (QED) is 0.557. The van der Waals surface area contributed by atoms with Gasteiger partial charge in [0.1, 0.15) is 12.4 Å². The van der Waals surface area contributed by atoms with Crippen molar-refractivity contribution in [3.05, 3.63) is 93.9 Å². The predicted molar refractivity (Wildman–Crippen MR) is 97.7 cm³/mol. The number of hydrogen-bond donors (Lipinski definition) is 0. The summed E-state index contributed by atoms with van der Waals surface area (Å²) in [6.45, 7) is 0.276. The molecule has 0 N–H and O–H groups in total. The first-order valence-electron chi connectivity index (χ1n) is 7.87. The SMILES string of the molecule is O=C(c1ccccc1Br)N(Cc1ccc(CF)cc1)Cc1ccco1. The van der Waals surface area contributed by atoms with Crippen LogP contribution < -0.4 is 0 Å². The van der Waals surface area contributed by atoms with Gasteiger partial charge in [0, 0.05) is 11.0 Å². The normalized spacial score (nSPS) is 10.6. The number of carbonyl (C=O) groups is 1. The molecule has 0 saturated heterocycles. The summed E-state index contributed by atoms with van der Waals surface area (Å²) in [5.41, 5.74) is 2.15. The summed E-state index contributed by atoms with van der Waals surface area (Å²) in [4.78, 5) is 14.7. The summed E-state index contributed by atoms with van der Waals surface area (Å²) < 4.78 is 18.8. The fourth-order valence-corrected chi connectivity index (χ4v) is 3.00. The average Bonchev–Trinajstić information content (AvgIpc) is 3.15. The zero-order chi connectivity index (χ0) is 17.6. The van der Waals surface area contributed by atoms with E-state index in [2.05, 4.69) is 15.9 Å². The lowest BCUT2D eigenvalue weighted by Gasteiger charge is -2.22. The van der Waals surface area contributed by atoms with Crippen LogP contribution in [0.25, 0.3) is 0 Å². The minimum absolute atomic E-state index is 0.0987. The Bertz CT molecular complexity index is 831. The molecule has 0 aliphatic rings. The van der Waals surface area contributed by atoms with E-state index in [0.29, 0.717) is 30.0 Å². The van der Waals surface area contributed by atoms with Crippen LogP contribution in [0.4, 0.5) is 4.39 Å². The van der Waals surface area contributed by atoms with Crippen molar-refractivity contribution < 1.29 is 13.6 Å². The highest BCUT2D eigenvalue weighted by molar-refractivity contribution is 9.10. The van der Waals surface area contributed by atoms with E-state index in [1.807, 2.05) is 36.4 Å². The highest BCUT2D eigenvalue weighted by Crippen LogP contribution is 2.21. The maximum Gasteiger partial charge on any atom is 0.255 e. The van der Waals surface area contributed by atoms with Crippen LogP contribution in [0, 0.1) is 0 Å². The zero-order valence-corrected chi connectivity index (χ0v) is 15.1. The van der Waals surface area contributed by atoms with E-state index in [-0.39, 0.29) is 5.91 Å². The van der Waals surface area contributed by atoms with Crippen molar-refractivity contribution in [2.45, 2.75) is 19.8 Å². The van der Waals surface area contributed by atoms with Crippen LogP contribution >= 0.6 is 15.9 Å². The van der Waals surface area contributed by atoms with Gasteiger partial charge in [0.15, 0.2) is 0 Å². The van der Waals surface area contributed by atoms with Crippen LogP contribution in [0.2, 0.25) is 0 Å². The molecule has 3 aromatic rings. The molecule has 25 heavy (non-hydrogen) atoms. The Balaban J connectivity index is 1.86. The molecule has 0 spiro atoms. The van der Waals surface area contributed by atoms with Gasteiger partial charge in [-0.05, 0) is 51.3 Å². The highest BCUT2D eigenvalue weighted by Gasteiger charge is 2.19. The fraction of sp³-hybridized carbons (Fsp3) is 0.150. The number of halogens is 2. The standard InChI is InChI=1S/C20H17BrFNO2/c21-19-6-2-1-5-18(19)20(24)23(14-17-4-3-11-25-17)13-16-9-7-15(12-22)8-10-16/h1-11H,12-14H2. The van der Waals surface area contributed by atoms with Crippen LogP contribution in [0.3, 0.4) is 0 Å². The molecule has 1 amide bonds. The summed E-state index contributed by atoms with van der Waals surface area (Å²) in [7, 11) is 0. The second-order valence-electron chi connectivity index (χ2n) is 5.67. The van der Waals surface area contributed by atoms with Crippen LogP contribution in [-0.2, 0) is 19.8 Å². The Morgan fingerprint density at radius 2 is 1.68 bits per heavy atom. The molecule has 1 aromatic heterocycles. The third-order valence-electron chi connectivity index (χ3n) is 3.87. The number of carbonyl (C=O) groups excluding carboxylic acids is 1. The third kappa shape index (κ3) is 4.37. The minimum Gasteiger partial charge on any atom is -0.467 e. The summed E-state index contributed by atoms with van der Waals surface area (Å²) in [6, 6.07) is 18.1. The highest BCUT2D eigenvalue weighted by atomic mass is 79.9. The lowest BCUT2D eigenvalue weighted by molar-refractivity contribution is 0.0716. The van der Waals surface area contributed by atoms with Crippen molar-refractivity contribution in [2.24, 2.45) is 0 Å². The summed E-state index contributed by atoms with van der Waals surface area (Å²) >= 11 is 3.43. The molecule has 0 radical (unpaired) electrons. The van der Waals surface area contributed by atoms with E-state index in [1.165, 1.54) is 0 Å². The number of furan rings is 1. The summed E-state index contributed by atoms with van der Waals surface area (Å²) in [5, 5.41) is 0. The predicted octanol–water partition coefficient (Wildman–Crippen LogP) is 5.35. The number of alkyl halides is 1. The van der Waals surface area contributed by atoms with Gasteiger partial charge in [-0.3, -0.25) is 4.79 Å². The monoisotopic (exact) mass is 401 g/mol. The number of amides is 1. The van der Waals surface area contributed by atoms with Crippen LogP contribution in [0.5, 0.6) is 0 Å². The Morgan fingerprint density at radius 1 is 0.960 bits per heavy atom. The Kier molecular flexibility index (Phi) is 5.66. The molecule has 2 aromatic carbocycles. The largest absolute Gasteiger partial charge is 0.467 e. The van der Waals surface area contributed by atoms with E-state index in [4.69, 9.17) is 4.42 Å². The van der Waals surface area contributed by atoms with Gasteiger partial charge in [0.05, 0.1) is 18.4 Å². The Hall–Kier alpha value is -2.40. The molecule has 0 atom stereocenters. The van der Waals surface area contributed by atoms with E-state index >= 15 is 0 Å². The first kappa shape index (κ1) is 17.4. The molecule has 0 aliphatic carbocycles. The minimum atomic E-state index is -0.494. The molecule has 1 heterocycles. The average molecular weight is 402 g/mol. The van der Waals surface area contributed by atoms with Gasteiger partial charge in [0.2, 0.25) is 0 Å². The van der Waals surface area contributed by atoms with Crippen molar-refractivity contribution in [3.8, 4) is 0 Å². The number of nitrogens with zero attached hydrogens (tertiary/aromatic N) is 1. The Morgan fingerprint density at radius 3 is 2.32 bits per heavy atom. The van der Waals surface area contributed by atoms with Crippen LogP contribution in [-0.4, -0.2) is 10.8 Å². The van der Waals surface area contributed by atoms with Crippen LogP contribution in [0.15, 0.2) is 75.8 Å². The molecule has 0 fully saturated rings. The molecular weight excluding hydrogens is 385 g/mol. The topological polar surface area (TPSA) is 33.5 Å². The maximum atomic E-state index is 13.0.